The third-order valence-corrected chi connectivity index (χ3v) is 4.84. The van der Waals surface area contributed by atoms with Crippen molar-refractivity contribution in [2.45, 2.75) is 31.3 Å². The Labute approximate surface area is 119 Å². The van der Waals surface area contributed by atoms with E-state index >= 15 is 0 Å². The Morgan fingerprint density at radius 1 is 1.20 bits per heavy atom. The van der Waals surface area contributed by atoms with Gasteiger partial charge in [0.25, 0.3) is 0 Å². The van der Waals surface area contributed by atoms with Crippen LogP contribution in [0.3, 0.4) is 0 Å². The van der Waals surface area contributed by atoms with Crippen LogP contribution < -0.4 is 0 Å². The molecule has 3 fully saturated rings. The molecule has 0 bridgehead atoms. The molecule has 5 heteroatoms. The first-order valence-corrected chi connectivity index (χ1v) is 7.46. The molecule has 2 amide bonds. The van der Waals surface area contributed by atoms with Gasteiger partial charge in [0.15, 0.2) is 0 Å². The molecular weight excluding hydrogens is 256 g/mol. The molecule has 3 aliphatic rings. The lowest BCUT2D eigenvalue weighted by Crippen LogP contribution is -2.66. The number of aliphatic hydroxyl groups is 1. The fourth-order valence-electron chi connectivity index (χ4n) is 3.42. The van der Waals surface area contributed by atoms with Gasteiger partial charge in [0.2, 0.25) is 11.8 Å². The van der Waals surface area contributed by atoms with Crippen molar-refractivity contribution in [2.24, 2.45) is 11.8 Å². The fourth-order valence-corrected chi connectivity index (χ4v) is 3.42. The van der Waals surface area contributed by atoms with E-state index in [1.54, 1.807) is 9.80 Å². The standard InChI is InChI=1S/C15H22N2O3/c1-2-13(18)16-7-3-4-11(8-16)14(19)17-9-15(20,10-17)12-5-6-12/h2,11-12,20H,1,3-10H2. The number of β-amino-alcohol motifs (C(OH)–C–C–N with tert-alkyl or cyclic N) is 1. The van der Waals surface area contributed by atoms with Crippen LogP contribution in [0.25, 0.3) is 0 Å². The third-order valence-electron chi connectivity index (χ3n) is 4.84. The molecule has 0 aromatic rings. The van der Waals surface area contributed by atoms with E-state index < -0.39 is 5.60 Å². The van der Waals surface area contributed by atoms with E-state index in [1.807, 2.05) is 0 Å². The van der Waals surface area contributed by atoms with Gasteiger partial charge in [-0.25, -0.2) is 0 Å². The van der Waals surface area contributed by atoms with Gasteiger partial charge in [0.05, 0.1) is 19.0 Å². The van der Waals surface area contributed by atoms with E-state index in [1.165, 1.54) is 6.08 Å². The Morgan fingerprint density at radius 2 is 1.90 bits per heavy atom. The molecule has 110 valence electrons. The average molecular weight is 278 g/mol. The van der Waals surface area contributed by atoms with Gasteiger partial charge in [-0.2, -0.15) is 0 Å². The summed E-state index contributed by atoms with van der Waals surface area (Å²) in [6.07, 6.45) is 5.17. The number of hydrogen-bond donors (Lipinski definition) is 1. The molecule has 1 saturated carbocycles. The molecule has 5 nitrogen and oxygen atoms in total. The number of carbonyl (C=O) groups is 2. The highest BCUT2D eigenvalue weighted by molar-refractivity contribution is 5.88. The van der Waals surface area contributed by atoms with Crippen LogP contribution >= 0.6 is 0 Å². The monoisotopic (exact) mass is 278 g/mol. The number of likely N-dealkylation sites (tertiary alicyclic amines) is 2. The van der Waals surface area contributed by atoms with Crippen molar-refractivity contribution >= 4 is 11.8 Å². The van der Waals surface area contributed by atoms with Crippen molar-refractivity contribution in [3.63, 3.8) is 0 Å². The third kappa shape index (κ3) is 2.35. The van der Waals surface area contributed by atoms with Crippen molar-refractivity contribution in [1.82, 2.24) is 9.80 Å². The number of amides is 2. The topological polar surface area (TPSA) is 60.9 Å². The van der Waals surface area contributed by atoms with Gasteiger partial charge in [-0.1, -0.05) is 6.58 Å². The maximum absolute atomic E-state index is 12.4. The van der Waals surface area contributed by atoms with Crippen LogP contribution in [0.2, 0.25) is 0 Å². The highest BCUT2D eigenvalue weighted by Crippen LogP contribution is 2.44. The van der Waals surface area contributed by atoms with Gasteiger partial charge in [-0.05, 0) is 37.7 Å². The van der Waals surface area contributed by atoms with Gasteiger partial charge in [-0.3, -0.25) is 9.59 Å². The zero-order valence-electron chi connectivity index (χ0n) is 11.8. The molecule has 1 aliphatic carbocycles. The minimum absolute atomic E-state index is 0.0943. The average Bonchev–Trinajstić information content (AvgIpc) is 3.27. The van der Waals surface area contributed by atoms with E-state index in [-0.39, 0.29) is 17.7 Å². The largest absolute Gasteiger partial charge is 0.386 e. The summed E-state index contributed by atoms with van der Waals surface area (Å²) >= 11 is 0. The summed E-state index contributed by atoms with van der Waals surface area (Å²) in [6, 6.07) is 0. The Balaban J connectivity index is 1.55. The summed E-state index contributed by atoms with van der Waals surface area (Å²) in [4.78, 5) is 27.5. The van der Waals surface area contributed by atoms with Crippen molar-refractivity contribution in [3.05, 3.63) is 12.7 Å². The van der Waals surface area contributed by atoms with E-state index in [0.29, 0.717) is 32.1 Å². The Morgan fingerprint density at radius 3 is 2.50 bits per heavy atom. The second-order valence-electron chi connectivity index (χ2n) is 6.40. The molecule has 20 heavy (non-hydrogen) atoms. The van der Waals surface area contributed by atoms with Crippen molar-refractivity contribution in [3.8, 4) is 0 Å². The minimum atomic E-state index is -0.624. The van der Waals surface area contributed by atoms with Crippen LogP contribution in [-0.2, 0) is 9.59 Å². The van der Waals surface area contributed by atoms with Crippen molar-refractivity contribution < 1.29 is 14.7 Å². The Hall–Kier alpha value is -1.36. The summed E-state index contributed by atoms with van der Waals surface area (Å²) in [5, 5.41) is 10.3. The molecule has 1 atom stereocenters. The lowest BCUT2D eigenvalue weighted by atomic mass is 9.86. The van der Waals surface area contributed by atoms with Crippen LogP contribution in [-0.4, -0.2) is 58.5 Å². The smallest absolute Gasteiger partial charge is 0.245 e. The minimum Gasteiger partial charge on any atom is -0.386 e. The van der Waals surface area contributed by atoms with E-state index in [2.05, 4.69) is 6.58 Å². The molecule has 2 saturated heterocycles. The van der Waals surface area contributed by atoms with Crippen LogP contribution in [0.5, 0.6) is 0 Å². The highest BCUT2D eigenvalue weighted by atomic mass is 16.3. The molecule has 0 radical (unpaired) electrons. The summed E-state index contributed by atoms with van der Waals surface area (Å²) in [7, 11) is 0. The lowest BCUT2D eigenvalue weighted by Gasteiger charge is -2.48. The van der Waals surface area contributed by atoms with E-state index in [9.17, 15) is 14.7 Å². The molecular formula is C15H22N2O3. The number of hydrogen-bond acceptors (Lipinski definition) is 3. The molecule has 0 aromatic carbocycles. The second kappa shape index (κ2) is 4.88. The summed E-state index contributed by atoms with van der Waals surface area (Å²) in [5.74, 6) is 0.283. The summed E-state index contributed by atoms with van der Waals surface area (Å²) in [6.45, 7) is 5.64. The normalized spacial score (nSPS) is 28.8. The van der Waals surface area contributed by atoms with Crippen molar-refractivity contribution in [1.29, 1.82) is 0 Å². The first-order valence-electron chi connectivity index (χ1n) is 7.46. The zero-order valence-corrected chi connectivity index (χ0v) is 11.8. The van der Waals surface area contributed by atoms with Crippen LogP contribution in [0, 0.1) is 11.8 Å². The lowest BCUT2D eigenvalue weighted by molar-refractivity contribution is -0.165. The predicted octanol–water partition coefficient (Wildman–Crippen LogP) is 0.394. The van der Waals surface area contributed by atoms with Gasteiger partial charge < -0.3 is 14.9 Å². The second-order valence-corrected chi connectivity index (χ2v) is 6.40. The highest BCUT2D eigenvalue weighted by Gasteiger charge is 2.54. The first kappa shape index (κ1) is 13.6. The first-order chi connectivity index (χ1) is 9.53. The molecule has 2 heterocycles. The van der Waals surface area contributed by atoms with Crippen LogP contribution in [0.4, 0.5) is 0 Å². The SMILES string of the molecule is C=CC(=O)N1CCCC(C(=O)N2CC(O)(C3CC3)C2)C1. The molecule has 3 rings (SSSR count). The van der Waals surface area contributed by atoms with E-state index in [0.717, 1.165) is 25.7 Å². The zero-order chi connectivity index (χ0) is 14.3. The van der Waals surface area contributed by atoms with E-state index in [4.69, 9.17) is 0 Å². The quantitative estimate of drug-likeness (QED) is 0.760. The maximum Gasteiger partial charge on any atom is 0.245 e. The molecule has 0 aromatic heterocycles. The Kier molecular flexibility index (Phi) is 3.32. The summed E-state index contributed by atoms with van der Waals surface area (Å²) < 4.78 is 0. The van der Waals surface area contributed by atoms with Gasteiger partial charge in [0, 0.05) is 13.1 Å². The van der Waals surface area contributed by atoms with Gasteiger partial charge in [-0.15, -0.1) is 0 Å². The number of carbonyl (C=O) groups excluding carboxylic acids is 2. The van der Waals surface area contributed by atoms with Crippen molar-refractivity contribution in [2.75, 3.05) is 26.2 Å². The molecule has 1 unspecified atom stereocenters. The molecule has 0 spiro atoms. The van der Waals surface area contributed by atoms with Crippen LogP contribution in [0.15, 0.2) is 12.7 Å². The number of nitrogens with zero attached hydrogens (tertiary/aromatic N) is 2. The number of rotatable bonds is 3. The number of piperidine rings is 1. The fraction of sp³-hybridized carbons (Fsp3) is 0.733. The summed E-state index contributed by atoms with van der Waals surface area (Å²) in [5.41, 5.74) is -0.624. The Bertz CT molecular complexity index is 438. The maximum atomic E-state index is 12.4. The molecule has 1 N–H and O–H groups in total. The predicted molar refractivity (Wildman–Crippen MR) is 73.8 cm³/mol. The molecule has 2 aliphatic heterocycles. The van der Waals surface area contributed by atoms with Crippen LogP contribution in [0.1, 0.15) is 25.7 Å². The van der Waals surface area contributed by atoms with Gasteiger partial charge >= 0.3 is 0 Å². The van der Waals surface area contributed by atoms with Gasteiger partial charge in [0.1, 0.15) is 5.60 Å².